The molecule has 0 spiro atoms. The molecule has 1 aromatic heterocycles. The Morgan fingerprint density at radius 2 is 1.75 bits per heavy atom. The second kappa shape index (κ2) is 10.7. The number of piperidine rings is 1. The van der Waals surface area contributed by atoms with E-state index in [1.165, 1.54) is 11.1 Å². The standard InChI is InChI=1S/C25H34F3N3O/c1-4-21(5-2)30-23-15-20(25(26,27)28)14-22(31-23)16-32-17-24(10-12-29-13-11-24)19-8-6-18(3)7-9-19/h6-9,14-15,21,29H,4-5,10-13,16-17H2,1-3H3,(H,30,31). The monoisotopic (exact) mass is 449 g/mol. The molecule has 0 atom stereocenters. The normalized spacial score (nSPS) is 16.3. The molecule has 0 radical (unpaired) electrons. The number of nitrogens with one attached hydrogen (secondary N) is 2. The fourth-order valence-corrected chi connectivity index (χ4v) is 4.28. The highest BCUT2D eigenvalue weighted by Gasteiger charge is 2.35. The molecule has 2 heterocycles. The van der Waals surface area contributed by atoms with Gasteiger partial charge in [-0.1, -0.05) is 43.7 Å². The highest BCUT2D eigenvalue weighted by molar-refractivity contribution is 5.41. The third kappa shape index (κ3) is 6.23. The maximum atomic E-state index is 13.5. The Labute approximate surface area is 189 Å². The number of halogens is 3. The number of alkyl halides is 3. The van der Waals surface area contributed by atoms with Gasteiger partial charge < -0.3 is 15.4 Å². The topological polar surface area (TPSA) is 46.2 Å². The molecule has 0 aliphatic carbocycles. The van der Waals surface area contributed by atoms with Crippen LogP contribution in [0.5, 0.6) is 0 Å². The second-order valence-corrected chi connectivity index (χ2v) is 8.78. The van der Waals surface area contributed by atoms with Gasteiger partial charge in [-0.2, -0.15) is 13.2 Å². The molecule has 0 amide bonds. The quantitative estimate of drug-likeness (QED) is 0.504. The minimum atomic E-state index is -4.43. The van der Waals surface area contributed by atoms with E-state index in [0.717, 1.165) is 50.9 Å². The molecule has 32 heavy (non-hydrogen) atoms. The predicted octanol–water partition coefficient (Wildman–Crippen LogP) is 5.85. The average molecular weight is 450 g/mol. The van der Waals surface area contributed by atoms with Gasteiger partial charge in [-0.3, -0.25) is 0 Å². The van der Waals surface area contributed by atoms with Crippen LogP contribution in [0.2, 0.25) is 0 Å². The van der Waals surface area contributed by atoms with Crippen molar-refractivity contribution >= 4 is 5.82 Å². The molecule has 176 valence electrons. The van der Waals surface area contributed by atoms with E-state index in [9.17, 15) is 13.2 Å². The van der Waals surface area contributed by atoms with Gasteiger partial charge in [0.05, 0.1) is 24.5 Å². The average Bonchev–Trinajstić information content (AvgIpc) is 2.78. The van der Waals surface area contributed by atoms with Gasteiger partial charge in [0.25, 0.3) is 0 Å². The Bertz CT molecular complexity index is 858. The van der Waals surface area contributed by atoms with Crippen molar-refractivity contribution in [2.24, 2.45) is 0 Å². The van der Waals surface area contributed by atoms with Crippen molar-refractivity contribution in [3.8, 4) is 0 Å². The highest BCUT2D eigenvalue weighted by atomic mass is 19.4. The van der Waals surface area contributed by atoms with Crippen LogP contribution in [-0.2, 0) is 22.9 Å². The predicted molar refractivity (Wildman–Crippen MR) is 122 cm³/mol. The fraction of sp³-hybridized carbons (Fsp3) is 0.560. The zero-order chi connectivity index (χ0) is 23.2. The first-order chi connectivity index (χ1) is 15.3. The number of pyridine rings is 1. The summed E-state index contributed by atoms with van der Waals surface area (Å²) in [6.45, 7) is 8.34. The minimum Gasteiger partial charge on any atom is -0.374 e. The molecule has 2 N–H and O–H groups in total. The summed E-state index contributed by atoms with van der Waals surface area (Å²) in [6.07, 6.45) is -0.956. The lowest BCUT2D eigenvalue weighted by molar-refractivity contribution is -0.137. The summed E-state index contributed by atoms with van der Waals surface area (Å²) in [6, 6.07) is 10.8. The van der Waals surface area contributed by atoms with E-state index < -0.39 is 11.7 Å². The molecule has 2 aromatic rings. The molecule has 0 unspecified atom stereocenters. The van der Waals surface area contributed by atoms with Gasteiger partial charge >= 0.3 is 6.18 Å². The lowest BCUT2D eigenvalue weighted by atomic mass is 9.73. The minimum absolute atomic E-state index is 0.0442. The van der Waals surface area contributed by atoms with Gasteiger partial charge in [-0.05, 0) is 63.4 Å². The second-order valence-electron chi connectivity index (χ2n) is 8.78. The molecular weight excluding hydrogens is 415 g/mol. The Morgan fingerprint density at radius 3 is 2.34 bits per heavy atom. The van der Waals surface area contributed by atoms with Crippen molar-refractivity contribution in [2.45, 2.75) is 70.7 Å². The Balaban J connectivity index is 1.77. The molecule has 0 bridgehead atoms. The number of anilines is 1. The van der Waals surface area contributed by atoms with E-state index in [1.54, 1.807) is 0 Å². The Kier molecular flexibility index (Phi) is 8.17. The van der Waals surface area contributed by atoms with Crippen LogP contribution in [0.4, 0.5) is 19.0 Å². The molecule has 1 fully saturated rings. The summed E-state index contributed by atoms with van der Waals surface area (Å²) in [5.74, 6) is 0.252. The van der Waals surface area contributed by atoms with Gasteiger partial charge in [-0.15, -0.1) is 0 Å². The molecule has 7 heteroatoms. The van der Waals surface area contributed by atoms with E-state index >= 15 is 0 Å². The fourth-order valence-electron chi connectivity index (χ4n) is 4.28. The number of hydrogen-bond donors (Lipinski definition) is 2. The first-order valence-electron chi connectivity index (χ1n) is 11.5. The van der Waals surface area contributed by atoms with Gasteiger partial charge in [0.15, 0.2) is 0 Å². The Hall–Kier alpha value is -2.12. The summed E-state index contributed by atoms with van der Waals surface area (Å²) in [5, 5.41) is 6.52. The van der Waals surface area contributed by atoms with Gasteiger partial charge in [0, 0.05) is 11.5 Å². The number of aryl methyl sites for hydroxylation is 1. The van der Waals surface area contributed by atoms with Crippen LogP contribution < -0.4 is 10.6 Å². The van der Waals surface area contributed by atoms with Crippen molar-refractivity contribution in [3.05, 3.63) is 58.8 Å². The van der Waals surface area contributed by atoms with Crippen LogP contribution in [0.25, 0.3) is 0 Å². The number of ether oxygens (including phenoxy) is 1. The molecular formula is C25H34F3N3O. The van der Waals surface area contributed by atoms with Gasteiger partial charge in [0.2, 0.25) is 0 Å². The maximum Gasteiger partial charge on any atom is 0.416 e. The van der Waals surface area contributed by atoms with E-state index in [-0.39, 0.29) is 23.9 Å². The third-order valence-electron chi connectivity index (χ3n) is 6.40. The first kappa shape index (κ1) is 24.5. The summed E-state index contributed by atoms with van der Waals surface area (Å²) in [5.41, 5.74) is 1.87. The first-order valence-corrected chi connectivity index (χ1v) is 11.5. The van der Waals surface area contributed by atoms with Crippen molar-refractivity contribution in [3.63, 3.8) is 0 Å². The maximum absolute atomic E-state index is 13.5. The Morgan fingerprint density at radius 1 is 1.09 bits per heavy atom. The van der Waals surface area contributed by atoms with Gasteiger partial charge in [0.1, 0.15) is 5.82 Å². The summed E-state index contributed by atoms with van der Waals surface area (Å²) in [7, 11) is 0. The number of rotatable bonds is 9. The third-order valence-corrected chi connectivity index (χ3v) is 6.40. The lowest BCUT2D eigenvalue weighted by Gasteiger charge is -2.38. The largest absolute Gasteiger partial charge is 0.416 e. The number of aromatic nitrogens is 1. The SMILES string of the molecule is CCC(CC)Nc1cc(C(F)(F)F)cc(COCC2(c3ccc(C)cc3)CCNCC2)n1. The van der Waals surface area contributed by atoms with E-state index in [4.69, 9.17) is 4.74 Å². The van der Waals surface area contributed by atoms with Crippen molar-refractivity contribution in [1.82, 2.24) is 10.3 Å². The number of benzene rings is 1. The smallest absolute Gasteiger partial charge is 0.374 e. The van der Waals surface area contributed by atoms with Crippen LogP contribution in [0, 0.1) is 6.92 Å². The highest BCUT2D eigenvalue weighted by Crippen LogP contribution is 2.35. The zero-order valence-corrected chi connectivity index (χ0v) is 19.2. The van der Waals surface area contributed by atoms with Crippen LogP contribution in [0.3, 0.4) is 0 Å². The molecule has 1 aliphatic rings. The molecule has 0 saturated carbocycles. The molecule has 4 nitrogen and oxygen atoms in total. The lowest BCUT2D eigenvalue weighted by Crippen LogP contribution is -2.43. The van der Waals surface area contributed by atoms with Crippen molar-refractivity contribution in [2.75, 3.05) is 25.0 Å². The van der Waals surface area contributed by atoms with E-state index in [1.807, 2.05) is 13.8 Å². The van der Waals surface area contributed by atoms with Crippen molar-refractivity contribution in [1.29, 1.82) is 0 Å². The van der Waals surface area contributed by atoms with Crippen molar-refractivity contribution < 1.29 is 17.9 Å². The summed E-state index contributed by atoms with van der Waals surface area (Å²) >= 11 is 0. The van der Waals surface area contributed by atoms with Crippen LogP contribution in [-0.4, -0.2) is 30.7 Å². The van der Waals surface area contributed by atoms with Crippen LogP contribution in [0.15, 0.2) is 36.4 Å². The summed E-state index contributed by atoms with van der Waals surface area (Å²) in [4.78, 5) is 4.42. The van der Waals surface area contributed by atoms with E-state index in [0.29, 0.717) is 12.3 Å². The molecule has 1 aromatic carbocycles. The number of hydrogen-bond acceptors (Lipinski definition) is 4. The van der Waals surface area contributed by atoms with Crippen LogP contribution in [0.1, 0.15) is 61.9 Å². The molecule has 1 saturated heterocycles. The van der Waals surface area contributed by atoms with Gasteiger partial charge in [-0.25, -0.2) is 4.98 Å². The van der Waals surface area contributed by atoms with Crippen LogP contribution >= 0.6 is 0 Å². The van der Waals surface area contributed by atoms with E-state index in [2.05, 4.69) is 46.8 Å². The number of nitrogens with zero attached hydrogens (tertiary/aromatic N) is 1. The molecule has 1 aliphatic heterocycles. The zero-order valence-electron chi connectivity index (χ0n) is 19.2. The molecule has 3 rings (SSSR count). The summed E-state index contributed by atoms with van der Waals surface area (Å²) < 4.78 is 46.5.